The Labute approximate surface area is 219 Å². The Hall–Kier alpha value is -3.26. The van der Waals surface area contributed by atoms with Crippen molar-refractivity contribution < 1.29 is 4.74 Å². The summed E-state index contributed by atoms with van der Waals surface area (Å²) in [6.45, 7) is 3.97. The first-order chi connectivity index (χ1) is 17.4. The normalized spacial score (nSPS) is 14.3. The van der Waals surface area contributed by atoms with E-state index in [1.807, 2.05) is 24.3 Å². The first-order valence-corrected chi connectivity index (χ1v) is 12.5. The molecule has 0 bridgehead atoms. The van der Waals surface area contributed by atoms with E-state index in [0.29, 0.717) is 38.8 Å². The summed E-state index contributed by atoms with van der Waals surface area (Å²) in [6, 6.07) is 15.2. The predicted octanol–water partition coefficient (Wildman–Crippen LogP) is 5.32. The van der Waals surface area contributed by atoms with Crippen molar-refractivity contribution in [2.24, 2.45) is 0 Å². The maximum absolute atomic E-state index is 12.8. The number of likely N-dealkylation sites (N-methyl/N-ethyl adjacent to an activating group) is 1. The van der Waals surface area contributed by atoms with Crippen molar-refractivity contribution in [2.45, 2.75) is 6.42 Å². The number of hydrogen-bond donors (Lipinski definition) is 2. The van der Waals surface area contributed by atoms with Gasteiger partial charge in [0.05, 0.1) is 29.4 Å². The number of nitrogens with zero attached hydrogens (tertiary/aromatic N) is 3. The molecule has 0 unspecified atom stereocenters. The van der Waals surface area contributed by atoms with Crippen LogP contribution < -0.4 is 20.5 Å². The second-order valence-electron chi connectivity index (χ2n) is 8.91. The van der Waals surface area contributed by atoms with Crippen LogP contribution in [0.4, 0.5) is 17.1 Å². The van der Waals surface area contributed by atoms with Gasteiger partial charge in [-0.15, -0.1) is 0 Å². The molecule has 4 aromatic rings. The fourth-order valence-corrected chi connectivity index (χ4v) is 5.04. The molecule has 9 heteroatoms. The maximum atomic E-state index is 12.8. The average molecular weight is 524 g/mol. The van der Waals surface area contributed by atoms with Gasteiger partial charge in [0.2, 0.25) is 0 Å². The summed E-state index contributed by atoms with van der Waals surface area (Å²) in [5.74, 6) is 0.694. The minimum absolute atomic E-state index is 0.224. The molecule has 0 radical (unpaired) electrons. The van der Waals surface area contributed by atoms with Gasteiger partial charge in [-0.25, -0.2) is 0 Å². The molecule has 2 aromatic heterocycles. The van der Waals surface area contributed by atoms with E-state index in [0.717, 1.165) is 48.8 Å². The highest BCUT2D eigenvalue weighted by Crippen LogP contribution is 2.35. The van der Waals surface area contributed by atoms with E-state index in [9.17, 15) is 4.79 Å². The van der Waals surface area contributed by atoms with Gasteiger partial charge in [0.15, 0.2) is 0 Å². The molecule has 2 N–H and O–H groups in total. The minimum atomic E-state index is -0.224. The quantitative estimate of drug-likeness (QED) is 0.356. The van der Waals surface area contributed by atoms with Crippen molar-refractivity contribution >= 4 is 51.2 Å². The van der Waals surface area contributed by atoms with Crippen LogP contribution in [0.5, 0.6) is 5.75 Å². The molecule has 2 aromatic carbocycles. The smallest absolute Gasteiger partial charge is 0.259 e. The fraction of sp³-hybridized carbons (Fsp3) is 0.259. The number of anilines is 3. The number of benzene rings is 2. The molecule has 0 aliphatic carbocycles. The number of H-pyrrole nitrogens is 1. The van der Waals surface area contributed by atoms with Gasteiger partial charge >= 0.3 is 0 Å². The minimum Gasteiger partial charge on any atom is -0.494 e. The number of aromatic nitrogens is 2. The van der Waals surface area contributed by atoms with Crippen LogP contribution in [0.15, 0.2) is 59.5 Å². The van der Waals surface area contributed by atoms with Gasteiger partial charge in [0, 0.05) is 66.3 Å². The lowest BCUT2D eigenvalue weighted by Gasteiger charge is -2.34. The number of ether oxygens (including phenoxy) is 1. The Bertz CT molecular complexity index is 1440. The Kier molecular flexibility index (Phi) is 7.05. The number of piperazine rings is 1. The molecule has 7 nitrogen and oxygen atoms in total. The molecule has 0 atom stereocenters. The highest BCUT2D eigenvalue weighted by Gasteiger charge is 2.18. The van der Waals surface area contributed by atoms with E-state index in [4.69, 9.17) is 32.9 Å². The van der Waals surface area contributed by atoms with Gasteiger partial charge in [-0.2, -0.15) is 0 Å². The average Bonchev–Trinajstić information content (AvgIpc) is 2.87. The number of nitrogens with one attached hydrogen (secondary N) is 2. The number of aromatic amines is 1. The van der Waals surface area contributed by atoms with Crippen LogP contribution in [-0.2, 0) is 6.42 Å². The monoisotopic (exact) mass is 523 g/mol. The molecule has 3 heterocycles. The Morgan fingerprint density at radius 2 is 1.78 bits per heavy atom. The molecule has 1 aliphatic rings. The summed E-state index contributed by atoms with van der Waals surface area (Å²) in [7, 11) is 3.79. The molecule has 0 amide bonds. The first kappa shape index (κ1) is 24.4. The van der Waals surface area contributed by atoms with E-state index >= 15 is 0 Å². The Morgan fingerprint density at radius 1 is 1.03 bits per heavy atom. The van der Waals surface area contributed by atoms with Gasteiger partial charge in [-0.3, -0.25) is 9.78 Å². The third-order valence-electron chi connectivity index (χ3n) is 6.53. The summed E-state index contributed by atoms with van der Waals surface area (Å²) < 4.78 is 5.73. The molecule has 1 aliphatic heterocycles. The molecule has 1 saturated heterocycles. The zero-order chi connectivity index (χ0) is 25.2. The van der Waals surface area contributed by atoms with Crippen molar-refractivity contribution in [3.05, 3.63) is 86.4 Å². The third-order valence-corrected chi connectivity index (χ3v) is 7.23. The van der Waals surface area contributed by atoms with E-state index in [1.165, 1.54) is 0 Å². The van der Waals surface area contributed by atoms with Gasteiger partial charge in [-0.05, 0) is 49.0 Å². The summed E-state index contributed by atoms with van der Waals surface area (Å²) in [5, 5.41) is 5.04. The molecule has 0 spiro atoms. The lowest BCUT2D eigenvalue weighted by atomic mass is 10.1. The van der Waals surface area contributed by atoms with E-state index in [-0.39, 0.29) is 5.56 Å². The summed E-state index contributed by atoms with van der Waals surface area (Å²) in [5.41, 5.74) is 4.37. The molecule has 186 valence electrons. The van der Waals surface area contributed by atoms with Gasteiger partial charge in [-0.1, -0.05) is 29.3 Å². The van der Waals surface area contributed by atoms with Crippen molar-refractivity contribution in [1.29, 1.82) is 0 Å². The van der Waals surface area contributed by atoms with Crippen molar-refractivity contribution in [1.82, 2.24) is 14.9 Å². The van der Waals surface area contributed by atoms with Crippen LogP contribution in [0.1, 0.15) is 11.3 Å². The first-order valence-electron chi connectivity index (χ1n) is 11.8. The maximum Gasteiger partial charge on any atom is 0.259 e. The number of rotatable bonds is 6. The number of methoxy groups -OCH3 is 1. The van der Waals surface area contributed by atoms with Crippen molar-refractivity contribution in [3.63, 3.8) is 0 Å². The second-order valence-corrected chi connectivity index (χ2v) is 9.72. The molecular weight excluding hydrogens is 497 g/mol. The van der Waals surface area contributed by atoms with Crippen LogP contribution in [0.3, 0.4) is 0 Å². The Morgan fingerprint density at radius 3 is 2.50 bits per heavy atom. The largest absolute Gasteiger partial charge is 0.494 e. The number of pyridine rings is 2. The Balaban J connectivity index is 1.52. The van der Waals surface area contributed by atoms with Crippen LogP contribution >= 0.6 is 23.2 Å². The van der Waals surface area contributed by atoms with Gasteiger partial charge < -0.3 is 24.8 Å². The zero-order valence-electron chi connectivity index (χ0n) is 20.1. The van der Waals surface area contributed by atoms with Crippen LogP contribution in [0, 0.1) is 0 Å². The van der Waals surface area contributed by atoms with Gasteiger partial charge in [0.1, 0.15) is 5.75 Å². The second kappa shape index (κ2) is 10.4. The van der Waals surface area contributed by atoms with E-state index in [1.54, 1.807) is 31.5 Å². The van der Waals surface area contributed by atoms with Crippen LogP contribution in [0.2, 0.25) is 10.0 Å². The highest BCUT2D eigenvalue weighted by molar-refractivity contribution is 6.36. The summed E-state index contributed by atoms with van der Waals surface area (Å²) in [6.07, 6.45) is 2.02. The van der Waals surface area contributed by atoms with Crippen molar-refractivity contribution in [2.75, 3.05) is 50.6 Å². The van der Waals surface area contributed by atoms with E-state index in [2.05, 4.69) is 33.2 Å². The molecule has 1 fully saturated rings. The standard InChI is InChI=1S/C27H27Cl2N5O2/c1-33-10-12-34(13-11-33)18-6-7-22(25(16-18)36-2)32-24-15-17(14-19-20(28)4-3-5-21(19)29)31-23-8-9-30-27(35)26(23)24/h3-9,15-16H,10-14H2,1-2H3,(H,30,35)(H,31,32). The lowest BCUT2D eigenvalue weighted by molar-refractivity contribution is 0.312. The number of hydrogen-bond acceptors (Lipinski definition) is 6. The zero-order valence-corrected chi connectivity index (χ0v) is 21.7. The summed E-state index contributed by atoms with van der Waals surface area (Å²) >= 11 is 12.8. The van der Waals surface area contributed by atoms with Crippen LogP contribution in [0.25, 0.3) is 10.9 Å². The molecule has 5 rings (SSSR count). The van der Waals surface area contributed by atoms with Crippen LogP contribution in [-0.4, -0.2) is 55.2 Å². The SMILES string of the molecule is COc1cc(N2CCN(C)CC2)ccc1Nc1cc(Cc2c(Cl)cccc2Cl)nc2cc[nH]c(=O)c12. The number of fused-ring (bicyclic) bond motifs is 1. The summed E-state index contributed by atoms with van der Waals surface area (Å²) in [4.78, 5) is 24.9. The lowest BCUT2D eigenvalue weighted by Crippen LogP contribution is -2.44. The van der Waals surface area contributed by atoms with Gasteiger partial charge in [0.25, 0.3) is 5.56 Å². The molecule has 36 heavy (non-hydrogen) atoms. The van der Waals surface area contributed by atoms with Crippen molar-refractivity contribution in [3.8, 4) is 5.75 Å². The number of halogens is 2. The molecular formula is C27H27Cl2N5O2. The predicted molar refractivity (Wildman–Crippen MR) is 148 cm³/mol. The highest BCUT2D eigenvalue weighted by atomic mass is 35.5. The molecule has 0 saturated carbocycles. The third kappa shape index (κ3) is 5.00. The fourth-order valence-electron chi connectivity index (χ4n) is 4.51. The topological polar surface area (TPSA) is 73.5 Å². The van der Waals surface area contributed by atoms with E-state index < -0.39 is 0 Å².